The van der Waals surface area contributed by atoms with Gasteiger partial charge in [0, 0.05) is 10.8 Å². The van der Waals surface area contributed by atoms with Gasteiger partial charge in [-0.3, -0.25) is 0 Å². The average molecular weight is 387 g/mol. The number of carbonyl (C=O) groups is 1. The number of benzene rings is 2. The van der Waals surface area contributed by atoms with Crippen LogP contribution in [-0.4, -0.2) is 18.2 Å². The molecular formula is C23H30O3S. The summed E-state index contributed by atoms with van der Waals surface area (Å²) in [6, 6.07) is 15.6. The standard InChI is InChI=1S/C23H30O3S/c1-3-18(13-9-5-8-12-17-10-6-4-7-11-17)22(27)20-16-19(23(24)25)14-15-21(20)26-2/h4,6-7,10-11,14-16,18,22,27H,3,5,8-9,12-13H2,1-2H3,(H,24,25). The first-order valence-electron chi connectivity index (χ1n) is 9.70. The number of ether oxygens (including phenoxy) is 1. The quantitative estimate of drug-likeness (QED) is 0.357. The van der Waals surface area contributed by atoms with Gasteiger partial charge < -0.3 is 9.84 Å². The van der Waals surface area contributed by atoms with Crippen molar-refractivity contribution in [3.05, 3.63) is 65.2 Å². The van der Waals surface area contributed by atoms with E-state index in [-0.39, 0.29) is 10.8 Å². The lowest BCUT2D eigenvalue weighted by atomic mass is 9.89. The smallest absolute Gasteiger partial charge is 0.335 e. The van der Waals surface area contributed by atoms with Gasteiger partial charge in [-0.1, -0.05) is 56.5 Å². The van der Waals surface area contributed by atoms with Crippen LogP contribution in [-0.2, 0) is 6.42 Å². The zero-order chi connectivity index (χ0) is 19.6. The Balaban J connectivity index is 1.92. The van der Waals surface area contributed by atoms with Gasteiger partial charge in [-0.2, -0.15) is 12.6 Å². The van der Waals surface area contributed by atoms with Crippen molar-refractivity contribution in [2.24, 2.45) is 5.92 Å². The molecule has 0 saturated heterocycles. The summed E-state index contributed by atoms with van der Waals surface area (Å²) in [4.78, 5) is 11.3. The molecule has 3 nitrogen and oxygen atoms in total. The summed E-state index contributed by atoms with van der Waals surface area (Å²) < 4.78 is 5.45. The zero-order valence-electron chi connectivity index (χ0n) is 16.2. The van der Waals surface area contributed by atoms with Crippen molar-refractivity contribution in [3.63, 3.8) is 0 Å². The zero-order valence-corrected chi connectivity index (χ0v) is 17.1. The summed E-state index contributed by atoms with van der Waals surface area (Å²) in [5.74, 6) is 0.180. The summed E-state index contributed by atoms with van der Waals surface area (Å²) in [6.07, 6.45) is 6.75. The Bertz CT molecular complexity index is 715. The lowest BCUT2D eigenvalue weighted by molar-refractivity contribution is 0.0696. The van der Waals surface area contributed by atoms with E-state index >= 15 is 0 Å². The van der Waals surface area contributed by atoms with Crippen molar-refractivity contribution in [1.29, 1.82) is 0 Å². The molecule has 0 fully saturated rings. The molecule has 0 amide bonds. The molecule has 0 aliphatic heterocycles. The molecule has 0 aliphatic carbocycles. The number of unbranched alkanes of at least 4 members (excludes halogenated alkanes) is 2. The van der Waals surface area contributed by atoms with E-state index < -0.39 is 5.97 Å². The topological polar surface area (TPSA) is 46.5 Å². The van der Waals surface area contributed by atoms with Gasteiger partial charge in [0.1, 0.15) is 5.75 Å². The number of hydrogen-bond donors (Lipinski definition) is 2. The van der Waals surface area contributed by atoms with Gasteiger partial charge in [0.2, 0.25) is 0 Å². The first kappa shape index (κ1) is 21.4. The van der Waals surface area contributed by atoms with Gasteiger partial charge in [-0.05, 0) is 48.9 Å². The van der Waals surface area contributed by atoms with E-state index in [2.05, 4.69) is 37.3 Å². The summed E-state index contributed by atoms with van der Waals surface area (Å²) in [5.41, 5.74) is 2.55. The number of carboxylic acid groups (broad SMARTS) is 1. The molecule has 0 aromatic heterocycles. The minimum atomic E-state index is -0.923. The van der Waals surface area contributed by atoms with E-state index in [1.165, 1.54) is 18.4 Å². The molecule has 27 heavy (non-hydrogen) atoms. The second-order valence-corrected chi connectivity index (χ2v) is 7.52. The predicted molar refractivity (Wildman–Crippen MR) is 114 cm³/mol. The highest BCUT2D eigenvalue weighted by Crippen LogP contribution is 2.39. The molecule has 0 heterocycles. The van der Waals surface area contributed by atoms with Crippen LogP contribution >= 0.6 is 12.6 Å². The third-order valence-corrected chi connectivity index (χ3v) is 5.85. The first-order valence-corrected chi connectivity index (χ1v) is 10.2. The highest BCUT2D eigenvalue weighted by Gasteiger charge is 2.22. The first-order chi connectivity index (χ1) is 13.1. The molecule has 2 rings (SSSR count). The van der Waals surface area contributed by atoms with Crippen molar-refractivity contribution >= 4 is 18.6 Å². The fraction of sp³-hybridized carbons (Fsp3) is 0.435. The number of aryl methyl sites for hydroxylation is 1. The number of methoxy groups -OCH3 is 1. The van der Waals surface area contributed by atoms with Crippen LogP contribution in [0.2, 0.25) is 0 Å². The summed E-state index contributed by atoms with van der Waals surface area (Å²) in [6.45, 7) is 2.17. The van der Waals surface area contributed by atoms with Gasteiger partial charge in [0.15, 0.2) is 0 Å². The minimum Gasteiger partial charge on any atom is -0.496 e. The molecule has 2 aromatic rings. The third kappa shape index (κ3) is 6.31. The van der Waals surface area contributed by atoms with Gasteiger partial charge in [-0.25, -0.2) is 4.79 Å². The maximum absolute atomic E-state index is 11.3. The summed E-state index contributed by atoms with van der Waals surface area (Å²) in [5, 5.41) is 9.25. The van der Waals surface area contributed by atoms with Crippen molar-refractivity contribution in [2.75, 3.05) is 7.11 Å². The molecular weight excluding hydrogens is 356 g/mol. The van der Waals surface area contributed by atoms with Gasteiger partial charge >= 0.3 is 5.97 Å². The predicted octanol–water partition coefficient (Wildman–Crippen LogP) is 6.19. The monoisotopic (exact) mass is 386 g/mol. The van der Waals surface area contributed by atoms with Crippen LogP contribution in [0.3, 0.4) is 0 Å². The Morgan fingerprint density at radius 3 is 2.48 bits per heavy atom. The Labute approximate surface area is 168 Å². The van der Waals surface area contributed by atoms with E-state index in [1.807, 2.05) is 0 Å². The van der Waals surface area contributed by atoms with Crippen LogP contribution in [0.1, 0.15) is 65.8 Å². The lowest BCUT2D eigenvalue weighted by Gasteiger charge is -2.24. The molecule has 2 aromatic carbocycles. The van der Waals surface area contributed by atoms with Crippen LogP contribution < -0.4 is 4.74 Å². The van der Waals surface area contributed by atoms with Gasteiger partial charge in [0.05, 0.1) is 12.7 Å². The molecule has 0 spiro atoms. The Hall–Kier alpha value is -1.94. The number of rotatable bonds is 11. The summed E-state index contributed by atoms with van der Waals surface area (Å²) in [7, 11) is 1.62. The molecule has 0 bridgehead atoms. The largest absolute Gasteiger partial charge is 0.496 e. The van der Waals surface area contributed by atoms with Gasteiger partial charge in [0.25, 0.3) is 0 Å². The molecule has 4 heteroatoms. The maximum Gasteiger partial charge on any atom is 0.335 e. The summed E-state index contributed by atoms with van der Waals surface area (Å²) >= 11 is 4.84. The number of carboxylic acids is 1. The van der Waals surface area contributed by atoms with Crippen LogP contribution in [0.4, 0.5) is 0 Å². The number of aromatic carboxylic acids is 1. The van der Waals surface area contributed by atoms with E-state index in [1.54, 1.807) is 25.3 Å². The van der Waals surface area contributed by atoms with Gasteiger partial charge in [-0.15, -0.1) is 0 Å². The van der Waals surface area contributed by atoms with E-state index in [4.69, 9.17) is 17.4 Å². The lowest BCUT2D eigenvalue weighted by Crippen LogP contribution is -2.10. The third-order valence-electron chi connectivity index (χ3n) is 5.15. The Morgan fingerprint density at radius 1 is 1.11 bits per heavy atom. The SMILES string of the molecule is CCC(CCCCCc1ccccc1)C(S)c1cc(C(=O)O)ccc1OC. The molecule has 0 saturated carbocycles. The second-order valence-electron chi connectivity index (χ2n) is 6.96. The van der Waals surface area contributed by atoms with E-state index in [9.17, 15) is 9.90 Å². The fourth-order valence-electron chi connectivity index (χ4n) is 3.49. The van der Waals surface area contributed by atoms with Crippen molar-refractivity contribution < 1.29 is 14.6 Å². The van der Waals surface area contributed by atoms with E-state index in [0.717, 1.165) is 31.2 Å². The molecule has 0 radical (unpaired) electrons. The molecule has 2 atom stereocenters. The highest BCUT2D eigenvalue weighted by atomic mass is 32.1. The Kier molecular flexibility index (Phi) is 8.73. The van der Waals surface area contributed by atoms with Crippen LogP contribution in [0.15, 0.2) is 48.5 Å². The van der Waals surface area contributed by atoms with Crippen molar-refractivity contribution in [1.82, 2.24) is 0 Å². The van der Waals surface area contributed by atoms with Crippen LogP contribution in [0.5, 0.6) is 5.75 Å². The van der Waals surface area contributed by atoms with E-state index in [0.29, 0.717) is 11.7 Å². The normalized spacial score (nSPS) is 13.1. The molecule has 2 unspecified atom stereocenters. The van der Waals surface area contributed by atoms with Crippen LogP contribution in [0.25, 0.3) is 0 Å². The average Bonchev–Trinajstić information content (AvgIpc) is 2.70. The Morgan fingerprint density at radius 2 is 1.85 bits per heavy atom. The molecule has 146 valence electrons. The molecule has 0 aliphatic rings. The second kappa shape index (κ2) is 11.0. The maximum atomic E-state index is 11.3. The molecule has 1 N–H and O–H groups in total. The highest BCUT2D eigenvalue weighted by molar-refractivity contribution is 7.80. The van der Waals surface area contributed by atoms with Crippen molar-refractivity contribution in [3.8, 4) is 5.75 Å². The van der Waals surface area contributed by atoms with Crippen molar-refractivity contribution in [2.45, 2.75) is 50.7 Å². The minimum absolute atomic E-state index is 0.0293. The number of hydrogen-bond acceptors (Lipinski definition) is 3. The van der Waals surface area contributed by atoms with Crippen LogP contribution in [0, 0.1) is 5.92 Å². The fourth-order valence-corrected chi connectivity index (χ4v) is 4.06. The number of thiol groups is 1.